The van der Waals surface area contributed by atoms with Crippen LogP contribution in [0.5, 0.6) is 0 Å². The van der Waals surface area contributed by atoms with E-state index in [1.807, 2.05) is 0 Å². The molecular formula is C9H12O2. The number of rotatable bonds is 0. The Morgan fingerprint density at radius 3 is 2.55 bits per heavy atom. The molecule has 3 aliphatic rings. The number of hydrogen-bond acceptors (Lipinski definition) is 2. The average molecular weight is 152 g/mol. The first kappa shape index (κ1) is 6.21. The van der Waals surface area contributed by atoms with Crippen LogP contribution in [0.15, 0.2) is 12.2 Å². The monoisotopic (exact) mass is 152 g/mol. The van der Waals surface area contributed by atoms with Crippen LogP contribution in [0.4, 0.5) is 0 Å². The zero-order valence-corrected chi connectivity index (χ0v) is 6.45. The number of ether oxygens (including phenoxy) is 2. The van der Waals surface area contributed by atoms with Gasteiger partial charge in [0.15, 0.2) is 5.79 Å². The Balaban J connectivity index is 1.92. The van der Waals surface area contributed by atoms with Crippen molar-refractivity contribution in [1.82, 2.24) is 0 Å². The molecule has 2 nitrogen and oxygen atoms in total. The van der Waals surface area contributed by atoms with Gasteiger partial charge in [0.1, 0.15) is 0 Å². The molecule has 2 aliphatic carbocycles. The first-order chi connectivity index (χ1) is 5.41. The van der Waals surface area contributed by atoms with Crippen molar-refractivity contribution in [3.63, 3.8) is 0 Å². The van der Waals surface area contributed by atoms with Gasteiger partial charge in [0.2, 0.25) is 0 Å². The standard InChI is InChI=1S/C9H12O2/c1-2-8-7(1)3-4-9(8)10-5-6-11-9/h1-2,7-8H,3-6H2/t7-,8-/m1/s1. The highest BCUT2D eigenvalue weighted by molar-refractivity contribution is 5.18. The van der Waals surface area contributed by atoms with E-state index in [4.69, 9.17) is 9.47 Å². The van der Waals surface area contributed by atoms with Gasteiger partial charge in [0.05, 0.1) is 13.2 Å². The maximum absolute atomic E-state index is 5.66. The minimum absolute atomic E-state index is 0.181. The van der Waals surface area contributed by atoms with Crippen LogP contribution in [0.3, 0.4) is 0 Å². The Kier molecular flexibility index (Phi) is 1.06. The van der Waals surface area contributed by atoms with E-state index in [9.17, 15) is 0 Å². The largest absolute Gasteiger partial charge is 0.347 e. The molecular weight excluding hydrogens is 140 g/mol. The molecule has 2 atom stereocenters. The van der Waals surface area contributed by atoms with Crippen LogP contribution >= 0.6 is 0 Å². The predicted molar refractivity (Wildman–Crippen MR) is 40.0 cm³/mol. The number of allylic oxidation sites excluding steroid dienone is 1. The van der Waals surface area contributed by atoms with Crippen LogP contribution in [-0.2, 0) is 9.47 Å². The minimum atomic E-state index is -0.181. The lowest BCUT2D eigenvalue weighted by molar-refractivity contribution is -0.176. The van der Waals surface area contributed by atoms with E-state index in [1.165, 1.54) is 6.42 Å². The minimum Gasteiger partial charge on any atom is -0.347 e. The van der Waals surface area contributed by atoms with Gasteiger partial charge in [0, 0.05) is 12.3 Å². The van der Waals surface area contributed by atoms with Crippen LogP contribution in [-0.4, -0.2) is 19.0 Å². The average Bonchev–Trinajstić information content (AvgIpc) is 2.43. The second-order valence-corrected chi connectivity index (χ2v) is 3.62. The summed E-state index contributed by atoms with van der Waals surface area (Å²) in [7, 11) is 0. The lowest BCUT2D eigenvalue weighted by Gasteiger charge is -2.33. The Hall–Kier alpha value is -0.340. The van der Waals surface area contributed by atoms with Crippen molar-refractivity contribution in [2.45, 2.75) is 18.6 Å². The van der Waals surface area contributed by atoms with Crippen LogP contribution in [0, 0.1) is 11.8 Å². The molecule has 1 spiro atoms. The summed E-state index contributed by atoms with van der Waals surface area (Å²) in [5.74, 6) is 1.15. The molecule has 2 heteroatoms. The first-order valence-electron chi connectivity index (χ1n) is 4.37. The smallest absolute Gasteiger partial charge is 0.175 e. The van der Waals surface area contributed by atoms with E-state index in [2.05, 4.69) is 12.2 Å². The second kappa shape index (κ2) is 1.87. The third kappa shape index (κ3) is 0.644. The predicted octanol–water partition coefficient (Wildman–Crippen LogP) is 1.33. The molecule has 11 heavy (non-hydrogen) atoms. The van der Waals surface area contributed by atoms with Crippen LogP contribution < -0.4 is 0 Å². The maximum atomic E-state index is 5.66. The fourth-order valence-corrected chi connectivity index (χ4v) is 2.47. The summed E-state index contributed by atoms with van der Waals surface area (Å²) < 4.78 is 11.3. The fraction of sp³-hybridized carbons (Fsp3) is 0.778. The molecule has 0 radical (unpaired) electrons. The first-order valence-corrected chi connectivity index (χ1v) is 4.37. The van der Waals surface area contributed by atoms with Gasteiger partial charge in [-0.3, -0.25) is 0 Å². The fourth-order valence-electron chi connectivity index (χ4n) is 2.47. The summed E-state index contributed by atoms with van der Waals surface area (Å²) >= 11 is 0. The second-order valence-electron chi connectivity index (χ2n) is 3.62. The molecule has 60 valence electrons. The van der Waals surface area contributed by atoms with E-state index in [0.29, 0.717) is 5.92 Å². The lowest BCUT2D eigenvalue weighted by atomic mass is 9.83. The van der Waals surface area contributed by atoms with Gasteiger partial charge < -0.3 is 9.47 Å². The topological polar surface area (TPSA) is 18.5 Å². The van der Waals surface area contributed by atoms with Gasteiger partial charge in [-0.15, -0.1) is 0 Å². The quantitative estimate of drug-likeness (QED) is 0.487. The van der Waals surface area contributed by atoms with Crippen LogP contribution in [0.2, 0.25) is 0 Å². The van der Waals surface area contributed by atoms with Crippen LogP contribution in [0.25, 0.3) is 0 Å². The Labute approximate surface area is 66.2 Å². The van der Waals surface area contributed by atoms with Crippen molar-refractivity contribution in [3.8, 4) is 0 Å². The molecule has 1 aliphatic heterocycles. The van der Waals surface area contributed by atoms with Crippen molar-refractivity contribution in [1.29, 1.82) is 0 Å². The highest BCUT2D eigenvalue weighted by atomic mass is 16.7. The van der Waals surface area contributed by atoms with Crippen LogP contribution in [0.1, 0.15) is 12.8 Å². The molecule has 0 aromatic heterocycles. The molecule has 1 saturated carbocycles. The third-order valence-electron chi connectivity index (χ3n) is 3.14. The van der Waals surface area contributed by atoms with Crippen molar-refractivity contribution >= 4 is 0 Å². The van der Waals surface area contributed by atoms with E-state index >= 15 is 0 Å². The summed E-state index contributed by atoms with van der Waals surface area (Å²) in [6.45, 7) is 1.58. The summed E-state index contributed by atoms with van der Waals surface area (Å²) in [5.41, 5.74) is 0. The van der Waals surface area contributed by atoms with Gasteiger partial charge in [-0.05, 0) is 12.3 Å². The number of fused-ring (bicyclic) bond motifs is 2. The highest BCUT2D eigenvalue weighted by Crippen LogP contribution is 2.51. The molecule has 0 aromatic rings. The van der Waals surface area contributed by atoms with Gasteiger partial charge in [-0.25, -0.2) is 0 Å². The summed E-state index contributed by atoms with van der Waals surface area (Å²) in [6.07, 6.45) is 6.87. The Morgan fingerprint density at radius 1 is 1.18 bits per heavy atom. The normalized spacial score (nSPS) is 44.4. The molecule has 2 fully saturated rings. The molecule has 0 amide bonds. The van der Waals surface area contributed by atoms with Crippen molar-refractivity contribution in [3.05, 3.63) is 12.2 Å². The van der Waals surface area contributed by atoms with Crippen molar-refractivity contribution in [2.24, 2.45) is 11.8 Å². The third-order valence-corrected chi connectivity index (χ3v) is 3.14. The lowest BCUT2D eigenvalue weighted by Crippen LogP contribution is -2.37. The van der Waals surface area contributed by atoms with Gasteiger partial charge in [0.25, 0.3) is 0 Å². The van der Waals surface area contributed by atoms with Gasteiger partial charge >= 0.3 is 0 Å². The van der Waals surface area contributed by atoms with E-state index in [0.717, 1.165) is 25.6 Å². The van der Waals surface area contributed by atoms with Crippen molar-refractivity contribution < 1.29 is 9.47 Å². The molecule has 3 rings (SSSR count). The zero-order valence-electron chi connectivity index (χ0n) is 6.45. The summed E-state index contributed by atoms with van der Waals surface area (Å²) in [5, 5.41) is 0. The van der Waals surface area contributed by atoms with E-state index in [-0.39, 0.29) is 5.79 Å². The number of hydrogen-bond donors (Lipinski definition) is 0. The zero-order chi connectivity index (χ0) is 7.31. The SMILES string of the molecule is C1=C[C@@H]2[C@H]1CCC21OCCO1. The molecule has 1 saturated heterocycles. The van der Waals surface area contributed by atoms with Gasteiger partial charge in [-0.2, -0.15) is 0 Å². The maximum Gasteiger partial charge on any atom is 0.175 e. The molecule has 0 N–H and O–H groups in total. The van der Waals surface area contributed by atoms with Crippen molar-refractivity contribution in [2.75, 3.05) is 13.2 Å². The summed E-state index contributed by atoms with van der Waals surface area (Å²) in [6, 6.07) is 0. The molecule has 1 heterocycles. The molecule has 0 bridgehead atoms. The summed E-state index contributed by atoms with van der Waals surface area (Å²) in [4.78, 5) is 0. The Bertz CT molecular complexity index is 204. The molecule has 0 unspecified atom stereocenters. The van der Waals surface area contributed by atoms with Gasteiger partial charge in [-0.1, -0.05) is 12.2 Å². The highest BCUT2D eigenvalue weighted by Gasteiger charge is 2.53. The van der Waals surface area contributed by atoms with E-state index in [1.54, 1.807) is 0 Å². The van der Waals surface area contributed by atoms with E-state index < -0.39 is 0 Å². The Morgan fingerprint density at radius 2 is 2.00 bits per heavy atom. The molecule has 0 aromatic carbocycles.